The zero-order valence-corrected chi connectivity index (χ0v) is 39.7. The van der Waals surface area contributed by atoms with E-state index in [2.05, 4.69) is 11.6 Å². The summed E-state index contributed by atoms with van der Waals surface area (Å²) in [6.45, 7) is 13.3. The fourth-order valence-electron chi connectivity index (χ4n) is 6.34. The van der Waals surface area contributed by atoms with E-state index in [1.807, 2.05) is 33.8 Å². The van der Waals surface area contributed by atoms with Gasteiger partial charge in [-0.05, 0) is 62.8 Å². The van der Waals surface area contributed by atoms with Crippen LogP contribution in [0, 0.1) is 18.8 Å². The number of nitrogens with zero attached hydrogens (tertiary/aromatic N) is 4. The summed E-state index contributed by atoms with van der Waals surface area (Å²) in [6.07, 6.45) is 6.85. The summed E-state index contributed by atoms with van der Waals surface area (Å²) in [5.41, 5.74) is 5.92. The Balaban J connectivity index is 0.00000288. The Morgan fingerprint density at radius 1 is 0.938 bits per heavy atom. The molecule has 4 aliphatic rings. The zero-order valence-electron chi connectivity index (χ0n) is 28.9. The molecular formula is C34H31K3MgN4O6. The SMILES string of the molecule is C=CC1=C(C)C2=CC3=NC(=C(CC(=O)[O-])C4=NC(=C(C)C4=C([O-])[O-])C=c4[n-]c(c(C)c4CC)=CC1=N2)C(CCC(=O)[O-])C3C.[K+].[K+].[K+].[Mg+2]. The Morgan fingerprint density at radius 3 is 2.17 bits per heavy atom. The minimum atomic E-state index is -1.52. The number of fused-ring (bicyclic) bond motifs is 5. The van der Waals surface area contributed by atoms with E-state index in [0.717, 1.165) is 22.3 Å². The summed E-state index contributed by atoms with van der Waals surface area (Å²) >= 11 is 0. The van der Waals surface area contributed by atoms with Gasteiger partial charge in [-0.3, -0.25) is 4.99 Å². The van der Waals surface area contributed by atoms with E-state index in [1.165, 1.54) is 0 Å². The monoisotopic (exact) mass is 732 g/mol. The van der Waals surface area contributed by atoms with Gasteiger partial charge in [-0.2, -0.15) is 5.95 Å². The van der Waals surface area contributed by atoms with Gasteiger partial charge in [-0.1, -0.05) is 49.8 Å². The van der Waals surface area contributed by atoms with Gasteiger partial charge in [0.15, 0.2) is 0 Å². The molecule has 4 aliphatic heterocycles. The Morgan fingerprint density at radius 2 is 1.60 bits per heavy atom. The number of hydrogen-bond donors (Lipinski definition) is 0. The molecule has 0 saturated carbocycles. The summed E-state index contributed by atoms with van der Waals surface area (Å²) in [5.74, 6) is -5.20. The summed E-state index contributed by atoms with van der Waals surface area (Å²) in [6, 6.07) is 0. The third-order valence-electron chi connectivity index (χ3n) is 8.76. The van der Waals surface area contributed by atoms with Crippen LogP contribution in [0.15, 0.2) is 84.6 Å². The first-order valence-corrected chi connectivity index (χ1v) is 14.5. The van der Waals surface area contributed by atoms with Crippen molar-refractivity contribution in [1.82, 2.24) is 4.98 Å². The minimum absolute atomic E-state index is 0. The molecule has 0 spiro atoms. The fourth-order valence-corrected chi connectivity index (χ4v) is 6.34. The molecule has 0 aromatic carbocycles. The number of rotatable bonds is 7. The molecule has 14 heteroatoms. The number of carboxylic acid groups (broad SMARTS) is 2. The van der Waals surface area contributed by atoms with E-state index >= 15 is 0 Å². The zero-order chi connectivity index (χ0) is 32.0. The van der Waals surface area contributed by atoms with Crippen LogP contribution in [0.3, 0.4) is 0 Å². The molecule has 5 heterocycles. The topological polar surface area (TPSA) is 178 Å². The van der Waals surface area contributed by atoms with E-state index in [9.17, 15) is 30.0 Å². The predicted molar refractivity (Wildman–Crippen MR) is 164 cm³/mol. The fraction of sp³-hybridized carbons (Fsp3) is 0.324. The Hall–Kier alpha value is 0.685. The van der Waals surface area contributed by atoms with E-state index in [0.29, 0.717) is 39.9 Å². The summed E-state index contributed by atoms with van der Waals surface area (Å²) in [4.78, 5) is 42.8. The number of carboxylic acids is 2. The molecular weight excluding hydrogens is 702 g/mol. The van der Waals surface area contributed by atoms with Gasteiger partial charge in [0.05, 0.1) is 28.5 Å². The number of carbonyl (C=O) groups excluding carboxylic acids is 2. The maximum absolute atomic E-state index is 12.5. The second-order valence-corrected chi connectivity index (χ2v) is 11.3. The van der Waals surface area contributed by atoms with E-state index in [1.54, 1.807) is 25.2 Å². The Bertz CT molecular complexity index is 1920. The van der Waals surface area contributed by atoms with Gasteiger partial charge < -0.3 is 35.0 Å². The maximum Gasteiger partial charge on any atom is 2.00 e. The third kappa shape index (κ3) is 9.42. The second-order valence-electron chi connectivity index (χ2n) is 11.3. The van der Waals surface area contributed by atoms with E-state index < -0.39 is 30.2 Å². The Kier molecular flexibility index (Phi) is 19.1. The molecule has 1 aromatic rings. The van der Waals surface area contributed by atoms with Crippen LogP contribution in [0.25, 0.3) is 12.2 Å². The molecule has 1 aromatic heterocycles. The normalized spacial score (nSPS) is 19.3. The van der Waals surface area contributed by atoms with Crippen LogP contribution in [0.5, 0.6) is 0 Å². The van der Waals surface area contributed by atoms with Crippen molar-refractivity contribution < 1.29 is 184 Å². The van der Waals surface area contributed by atoms with Crippen molar-refractivity contribution in [2.24, 2.45) is 26.8 Å². The van der Waals surface area contributed by atoms with Crippen molar-refractivity contribution in [3.63, 3.8) is 0 Å². The number of aliphatic imine (C=N–C) groups is 3. The van der Waals surface area contributed by atoms with Crippen molar-refractivity contribution in [3.05, 3.63) is 91.5 Å². The van der Waals surface area contributed by atoms with Crippen LogP contribution in [0.4, 0.5) is 0 Å². The molecule has 0 radical (unpaired) electrons. The predicted octanol–water partition coefficient (Wildman–Crippen LogP) is -10.1. The van der Waals surface area contributed by atoms with Gasteiger partial charge in [0.25, 0.3) is 0 Å². The van der Waals surface area contributed by atoms with Gasteiger partial charge in [0.2, 0.25) is 0 Å². The van der Waals surface area contributed by atoms with Gasteiger partial charge in [0.1, 0.15) is 0 Å². The van der Waals surface area contributed by atoms with Crippen LogP contribution in [-0.2, 0) is 16.0 Å². The van der Waals surface area contributed by atoms with E-state index in [4.69, 9.17) is 15.0 Å². The molecule has 2 unspecified atom stereocenters. The van der Waals surface area contributed by atoms with Crippen LogP contribution < -0.4 is 190 Å². The van der Waals surface area contributed by atoms with Gasteiger partial charge in [0, 0.05) is 47.1 Å². The summed E-state index contributed by atoms with van der Waals surface area (Å²) < 4.78 is 0. The standard InChI is InChI=1S/C34H36N4O6.3K.Mg/c1-7-19-15(3)23-12-25-17(5)21(9-10-29(39)40)32(37-25)22(11-30(41)42)33-31(34(43)44)18(6)26(38-33)14-28-20(8-2)16(4)24(36-28)13-27(19)35-23;;;;/h7,12-14,17,21H,1,8-11H2,2-6H3,(H5,35,36,37,38,39,40,41,42,43,44);;;;/q;3*+1;+2/p-5. The molecule has 48 heavy (non-hydrogen) atoms. The largest absolute Gasteiger partial charge is 2.00 e. The smallest absolute Gasteiger partial charge is 0.883 e. The van der Waals surface area contributed by atoms with Crippen LogP contribution in [0.1, 0.15) is 58.1 Å². The van der Waals surface area contributed by atoms with Gasteiger partial charge in [-0.15, -0.1) is 10.7 Å². The van der Waals surface area contributed by atoms with Crippen molar-refractivity contribution in [2.45, 2.75) is 60.3 Å². The second kappa shape index (κ2) is 19.7. The number of allylic oxidation sites excluding steroid dienone is 8. The summed E-state index contributed by atoms with van der Waals surface area (Å²) in [7, 11) is 0. The van der Waals surface area contributed by atoms with Crippen molar-refractivity contribution in [2.75, 3.05) is 0 Å². The Labute approximate surface area is 423 Å². The third-order valence-corrected chi connectivity index (χ3v) is 8.76. The average molecular weight is 733 g/mol. The van der Waals surface area contributed by atoms with Crippen LogP contribution in [0.2, 0.25) is 0 Å². The molecule has 0 saturated heterocycles. The molecule has 0 fully saturated rings. The van der Waals surface area contributed by atoms with Gasteiger partial charge in [-0.25, -0.2) is 9.98 Å². The first kappa shape index (κ1) is 46.7. The molecule has 10 nitrogen and oxygen atoms in total. The first-order chi connectivity index (χ1) is 20.9. The first-order valence-electron chi connectivity index (χ1n) is 14.5. The average Bonchev–Trinajstić information content (AvgIpc) is 3.63. The molecule has 2 atom stereocenters. The van der Waals surface area contributed by atoms with Crippen molar-refractivity contribution in [1.29, 1.82) is 0 Å². The quantitative estimate of drug-likeness (QED) is 0.198. The molecule has 228 valence electrons. The van der Waals surface area contributed by atoms with Crippen LogP contribution in [-0.4, -0.2) is 52.1 Å². The van der Waals surface area contributed by atoms with E-state index in [-0.39, 0.29) is 224 Å². The minimum Gasteiger partial charge on any atom is -0.883 e. The number of carbonyl (C=O) groups is 2. The number of aromatic nitrogens is 1. The molecule has 8 bridgehead atoms. The van der Waals surface area contributed by atoms with Gasteiger partial charge >= 0.3 is 177 Å². The van der Waals surface area contributed by atoms with Crippen LogP contribution >= 0.6 is 0 Å². The summed E-state index contributed by atoms with van der Waals surface area (Å²) in [5, 5.41) is 50.0. The molecule has 0 aliphatic carbocycles. The van der Waals surface area contributed by atoms with Crippen molar-refractivity contribution in [3.8, 4) is 0 Å². The number of aliphatic carboxylic acids is 2. The van der Waals surface area contributed by atoms with Crippen molar-refractivity contribution >= 4 is 64.3 Å². The molecule has 5 rings (SSSR count). The molecule has 0 amide bonds. The maximum atomic E-state index is 12.5. The number of hydrogen-bond acceptors (Lipinski definition) is 9. The molecule has 0 N–H and O–H groups in total.